The number of rotatable bonds is 2. The molecule has 0 aliphatic heterocycles. The molecule has 1 saturated carbocycles. The first-order chi connectivity index (χ1) is 10.8. The van der Waals surface area contributed by atoms with Crippen molar-refractivity contribution < 1.29 is 9.53 Å². The lowest BCUT2D eigenvalue weighted by molar-refractivity contribution is 0.0541. The molecule has 8 heteroatoms. The minimum atomic E-state index is -0.647. The summed E-state index contributed by atoms with van der Waals surface area (Å²) in [6, 6.07) is 1.79. The van der Waals surface area contributed by atoms with E-state index in [0.717, 1.165) is 0 Å². The van der Waals surface area contributed by atoms with Crippen LogP contribution in [0.25, 0.3) is 0 Å². The summed E-state index contributed by atoms with van der Waals surface area (Å²) in [5.74, 6) is 0.263. The molecule has 1 fully saturated rings. The molecule has 1 aromatic heterocycles. The second kappa shape index (κ2) is 9.30. The number of anilines is 1. The lowest BCUT2D eigenvalue weighted by Crippen LogP contribution is -2.36. The standard InChI is InChI=1S/C10H12BrN5O2.C5H10/c1-10(2,3)18-9(17)16-15-8-6(11)5-13-7(4-12)14-8;1-2-4-5-3-1/h5H,1-3H3,(H,16,17)(H,13,14,15);1-5H2. The van der Waals surface area contributed by atoms with Crippen molar-refractivity contribution in [2.45, 2.75) is 58.5 Å². The summed E-state index contributed by atoms with van der Waals surface area (Å²) in [6.45, 7) is 5.25. The molecule has 7 nitrogen and oxygen atoms in total. The Morgan fingerprint density at radius 3 is 2.35 bits per heavy atom. The average Bonchev–Trinajstić information content (AvgIpc) is 3.04. The number of amides is 1. The summed E-state index contributed by atoms with van der Waals surface area (Å²) in [5.41, 5.74) is 4.25. The van der Waals surface area contributed by atoms with E-state index in [1.807, 2.05) is 0 Å². The molecule has 0 unspecified atom stereocenters. The average molecular weight is 384 g/mol. The fourth-order valence-electron chi connectivity index (χ4n) is 1.81. The Labute approximate surface area is 144 Å². The number of ether oxygens (including phenoxy) is 1. The third kappa shape index (κ3) is 8.35. The van der Waals surface area contributed by atoms with Crippen molar-refractivity contribution in [3.63, 3.8) is 0 Å². The minimum absolute atomic E-state index is 0.00770. The Kier molecular flexibility index (Phi) is 7.75. The molecule has 0 bridgehead atoms. The van der Waals surface area contributed by atoms with Gasteiger partial charge in [0, 0.05) is 6.20 Å². The third-order valence-corrected chi connectivity index (χ3v) is 3.36. The Bertz CT molecular complexity index is 554. The van der Waals surface area contributed by atoms with Crippen LogP contribution in [0.3, 0.4) is 0 Å². The summed E-state index contributed by atoms with van der Waals surface area (Å²) in [7, 11) is 0. The predicted molar refractivity (Wildman–Crippen MR) is 90.5 cm³/mol. The van der Waals surface area contributed by atoms with Gasteiger partial charge in [0.15, 0.2) is 5.82 Å². The van der Waals surface area contributed by atoms with Crippen LogP contribution in [0.2, 0.25) is 0 Å². The Morgan fingerprint density at radius 2 is 1.87 bits per heavy atom. The Morgan fingerprint density at radius 1 is 1.30 bits per heavy atom. The summed E-state index contributed by atoms with van der Waals surface area (Å²) in [5, 5.41) is 8.65. The van der Waals surface area contributed by atoms with Crippen molar-refractivity contribution >= 4 is 27.8 Å². The van der Waals surface area contributed by atoms with E-state index in [1.165, 1.54) is 38.3 Å². The highest BCUT2D eigenvalue weighted by Crippen LogP contribution is 2.17. The van der Waals surface area contributed by atoms with Crippen molar-refractivity contribution in [2.24, 2.45) is 0 Å². The molecular formula is C15H22BrN5O2. The zero-order valence-electron chi connectivity index (χ0n) is 13.6. The largest absolute Gasteiger partial charge is 0.443 e. The van der Waals surface area contributed by atoms with Gasteiger partial charge in [0.1, 0.15) is 11.7 Å². The number of halogens is 1. The second-order valence-corrected chi connectivity index (χ2v) is 6.88. The number of nitrogens with zero attached hydrogens (tertiary/aromatic N) is 3. The van der Waals surface area contributed by atoms with Gasteiger partial charge in [-0.3, -0.25) is 5.43 Å². The number of hydrazine groups is 1. The predicted octanol–water partition coefficient (Wildman–Crippen LogP) is 3.91. The smallest absolute Gasteiger partial charge is 0.426 e. The fraction of sp³-hybridized carbons (Fsp3) is 0.600. The van der Waals surface area contributed by atoms with Gasteiger partial charge in [-0.25, -0.2) is 15.2 Å². The van der Waals surface area contributed by atoms with Gasteiger partial charge in [0.25, 0.3) is 0 Å². The SMILES string of the molecule is C1CCCC1.CC(C)(C)OC(=O)NNc1nc(C#N)ncc1Br. The molecular weight excluding hydrogens is 362 g/mol. The van der Waals surface area contributed by atoms with Gasteiger partial charge in [-0.15, -0.1) is 0 Å². The third-order valence-electron chi connectivity index (χ3n) is 2.78. The number of aromatic nitrogens is 2. The highest BCUT2D eigenvalue weighted by Gasteiger charge is 2.16. The molecule has 23 heavy (non-hydrogen) atoms. The van der Waals surface area contributed by atoms with Crippen LogP contribution in [-0.2, 0) is 4.74 Å². The summed E-state index contributed by atoms with van der Waals surface area (Å²) in [4.78, 5) is 19.0. The molecule has 126 valence electrons. The number of hydrogen-bond acceptors (Lipinski definition) is 6. The zero-order valence-corrected chi connectivity index (χ0v) is 15.2. The van der Waals surface area contributed by atoms with Crippen LogP contribution in [0.1, 0.15) is 58.7 Å². The van der Waals surface area contributed by atoms with Crippen LogP contribution in [0.5, 0.6) is 0 Å². The number of nitriles is 1. The molecule has 0 radical (unpaired) electrons. The van der Waals surface area contributed by atoms with Gasteiger partial charge in [0.05, 0.1) is 4.47 Å². The number of carbonyl (C=O) groups excluding carboxylic acids is 1. The quantitative estimate of drug-likeness (QED) is 0.750. The molecule has 0 saturated heterocycles. The maximum Gasteiger partial charge on any atom is 0.426 e. The van der Waals surface area contributed by atoms with Crippen LogP contribution in [0, 0.1) is 11.3 Å². The van der Waals surface area contributed by atoms with Crippen LogP contribution in [0.4, 0.5) is 10.6 Å². The van der Waals surface area contributed by atoms with Gasteiger partial charge < -0.3 is 4.74 Å². The van der Waals surface area contributed by atoms with Crippen molar-refractivity contribution in [1.29, 1.82) is 5.26 Å². The van der Waals surface area contributed by atoms with E-state index in [9.17, 15) is 4.79 Å². The van der Waals surface area contributed by atoms with Gasteiger partial charge in [0.2, 0.25) is 5.82 Å². The van der Waals surface area contributed by atoms with Crippen molar-refractivity contribution in [3.05, 3.63) is 16.5 Å². The monoisotopic (exact) mass is 383 g/mol. The van der Waals surface area contributed by atoms with Crippen LogP contribution >= 0.6 is 15.9 Å². The van der Waals surface area contributed by atoms with E-state index in [0.29, 0.717) is 4.47 Å². The van der Waals surface area contributed by atoms with E-state index in [-0.39, 0.29) is 11.6 Å². The maximum absolute atomic E-state index is 11.4. The van der Waals surface area contributed by atoms with Crippen molar-refractivity contribution in [2.75, 3.05) is 5.43 Å². The number of carbonyl (C=O) groups is 1. The molecule has 2 rings (SSSR count). The molecule has 1 aliphatic carbocycles. The molecule has 1 aliphatic rings. The topological polar surface area (TPSA) is 99.9 Å². The summed E-state index contributed by atoms with van der Waals surface area (Å²) < 4.78 is 5.53. The van der Waals surface area contributed by atoms with Gasteiger partial charge in [-0.1, -0.05) is 32.1 Å². The summed E-state index contributed by atoms with van der Waals surface area (Å²) >= 11 is 3.18. The zero-order chi connectivity index (χ0) is 17.3. The highest BCUT2D eigenvalue weighted by atomic mass is 79.9. The molecule has 0 spiro atoms. The lowest BCUT2D eigenvalue weighted by atomic mass is 10.2. The molecule has 1 heterocycles. The minimum Gasteiger partial charge on any atom is -0.443 e. The van der Waals surface area contributed by atoms with E-state index in [4.69, 9.17) is 10.00 Å². The molecule has 1 amide bonds. The first-order valence-corrected chi connectivity index (χ1v) is 8.29. The molecule has 2 N–H and O–H groups in total. The number of nitrogens with one attached hydrogen (secondary N) is 2. The maximum atomic E-state index is 11.4. The highest BCUT2D eigenvalue weighted by molar-refractivity contribution is 9.10. The molecule has 1 aromatic rings. The van der Waals surface area contributed by atoms with Gasteiger partial charge in [-0.2, -0.15) is 10.2 Å². The fourth-order valence-corrected chi connectivity index (χ4v) is 2.10. The van der Waals surface area contributed by atoms with Gasteiger partial charge >= 0.3 is 6.09 Å². The van der Waals surface area contributed by atoms with Gasteiger partial charge in [-0.05, 0) is 36.7 Å². The second-order valence-electron chi connectivity index (χ2n) is 6.02. The normalized spacial score (nSPS) is 13.3. The Hall–Kier alpha value is -1.88. The van der Waals surface area contributed by atoms with E-state index in [2.05, 4.69) is 36.7 Å². The first kappa shape index (κ1) is 19.2. The molecule has 0 atom stereocenters. The van der Waals surface area contributed by atoms with Crippen LogP contribution < -0.4 is 10.9 Å². The van der Waals surface area contributed by atoms with E-state index in [1.54, 1.807) is 26.8 Å². The van der Waals surface area contributed by atoms with E-state index >= 15 is 0 Å². The van der Waals surface area contributed by atoms with Crippen molar-refractivity contribution in [1.82, 2.24) is 15.4 Å². The lowest BCUT2D eigenvalue weighted by Gasteiger charge is -2.20. The summed E-state index contributed by atoms with van der Waals surface area (Å²) in [6.07, 6.45) is 8.26. The molecule has 0 aromatic carbocycles. The van der Waals surface area contributed by atoms with Crippen molar-refractivity contribution in [3.8, 4) is 6.07 Å². The van der Waals surface area contributed by atoms with E-state index < -0.39 is 11.7 Å². The Balaban J connectivity index is 0.000000446. The van der Waals surface area contributed by atoms with Crippen LogP contribution in [0.15, 0.2) is 10.7 Å². The number of hydrogen-bond donors (Lipinski definition) is 2. The first-order valence-electron chi connectivity index (χ1n) is 7.49. The van der Waals surface area contributed by atoms with Crippen LogP contribution in [-0.4, -0.2) is 21.7 Å².